The molecule has 4 aromatic carbocycles. The normalized spacial score (nSPS) is 14.2. The summed E-state index contributed by atoms with van der Waals surface area (Å²) >= 11 is 0. The summed E-state index contributed by atoms with van der Waals surface area (Å²) in [5.74, 6) is 0. The van der Waals surface area contributed by atoms with E-state index in [2.05, 4.69) is 102 Å². The average molecular weight is 411 g/mol. The smallest absolute Gasteiger partial charge is 0.0645 e. The second-order valence-corrected chi connectivity index (χ2v) is 9.29. The molecule has 2 nitrogen and oxygen atoms in total. The van der Waals surface area contributed by atoms with Gasteiger partial charge in [-0.05, 0) is 51.7 Å². The van der Waals surface area contributed by atoms with Crippen molar-refractivity contribution in [2.75, 3.05) is 0 Å². The van der Waals surface area contributed by atoms with Gasteiger partial charge in [0.1, 0.15) is 0 Å². The van der Waals surface area contributed by atoms with Gasteiger partial charge in [-0.2, -0.15) is 0 Å². The lowest BCUT2D eigenvalue weighted by molar-refractivity contribution is 0.645. The monoisotopic (exact) mass is 410 g/mol. The summed E-state index contributed by atoms with van der Waals surface area (Å²) in [6, 6.07) is 31.0. The van der Waals surface area contributed by atoms with Crippen LogP contribution in [0.2, 0.25) is 0 Å². The van der Waals surface area contributed by atoms with Crippen LogP contribution >= 0.6 is 0 Å². The molecule has 7 rings (SSSR count). The van der Waals surface area contributed by atoms with E-state index in [0.717, 1.165) is 5.69 Å². The van der Waals surface area contributed by atoms with Gasteiger partial charge in [0.25, 0.3) is 0 Å². The molecule has 0 atom stereocenters. The van der Waals surface area contributed by atoms with Crippen LogP contribution < -0.4 is 0 Å². The molecule has 0 unspecified atom stereocenters. The van der Waals surface area contributed by atoms with Crippen molar-refractivity contribution >= 4 is 32.6 Å². The van der Waals surface area contributed by atoms with Crippen molar-refractivity contribution in [2.24, 2.45) is 0 Å². The minimum Gasteiger partial charge on any atom is -0.307 e. The molecule has 32 heavy (non-hydrogen) atoms. The maximum atomic E-state index is 4.45. The third-order valence-electron chi connectivity index (χ3n) is 7.24. The van der Waals surface area contributed by atoms with Crippen molar-refractivity contribution in [1.29, 1.82) is 0 Å². The van der Waals surface area contributed by atoms with E-state index < -0.39 is 0 Å². The molecule has 152 valence electrons. The van der Waals surface area contributed by atoms with Crippen LogP contribution in [-0.2, 0) is 5.41 Å². The van der Waals surface area contributed by atoms with E-state index in [4.69, 9.17) is 0 Å². The SMILES string of the molecule is CC1(C)c2ccccc2-c2c3c1cccc3cc1c3ccccc3n(-c3cccnc3)c21. The van der Waals surface area contributed by atoms with Gasteiger partial charge in [-0.3, -0.25) is 4.98 Å². The highest BCUT2D eigenvalue weighted by atomic mass is 15.0. The zero-order chi connectivity index (χ0) is 21.4. The van der Waals surface area contributed by atoms with Gasteiger partial charge >= 0.3 is 0 Å². The predicted molar refractivity (Wildman–Crippen MR) is 134 cm³/mol. The van der Waals surface area contributed by atoms with Gasteiger partial charge in [0.15, 0.2) is 0 Å². The first-order valence-corrected chi connectivity index (χ1v) is 11.2. The number of fused-ring (bicyclic) bond motifs is 6. The molecule has 0 spiro atoms. The first-order valence-electron chi connectivity index (χ1n) is 11.2. The molecule has 0 bridgehead atoms. The number of aromatic nitrogens is 2. The third-order valence-corrected chi connectivity index (χ3v) is 7.24. The zero-order valence-electron chi connectivity index (χ0n) is 18.1. The lowest BCUT2D eigenvalue weighted by atomic mass is 9.68. The summed E-state index contributed by atoms with van der Waals surface area (Å²) in [6.45, 7) is 4.70. The van der Waals surface area contributed by atoms with Gasteiger partial charge in [0.2, 0.25) is 0 Å². The van der Waals surface area contributed by atoms with Crippen molar-refractivity contribution in [3.63, 3.8) is 0 Å². The number of pyridine rings is 1. The summed E-state index contributed by atoms with van der Waals surface area (Å²) in [6.07, 6.45) is 3.81. The highest BCUT2D eigenvalue weighted by Crippen LogP contribution is 2.52. The molecule has 2 heteroatoms. The van der Waals surface area contributed by atoms with Gasteiger partial charge in [-0.25, -0.2) is 0 Å². The second kappa shape index (κ2) is 6.08. The fourth-order valence-electron chi connectivity index (χ4n) is 5.83. The van der Waals surface area contributed by atoms with Gasteiger partial charge in [-0.1, -0.05) is 74.5 Å². The summed E-state index contributed by atoms with van der Waals surface area (Å²) in [7, 11) is 0. The first kappa shape index (κ1) is 17.7. The van der Waals surface area contributed by atoms with E-state index in [0.29, 0.717) is 0 Å². The van der Waals surface area contributed by atoms with E-state index in [1.54, 1.807) is 0 Å². The number of para-hydroxylation sites is 1. The number of rotatable bonds is 1. The highest BCUT2D eigenvalue weighted by molar-refractivity contribution is 6.22. The Morgan fingerprint density at radius 3 is 2.44 bits per heavy atom. The maximum absolute atomic E-state index is 4.45. The van der Waals surface area contributed by atoms with Gasteiger partial charge in [-0.15, -0.1) is 0 Å². The molecule has 2 aromatic heterocycles. The van der Waals surface area contributed by atoms with E-state index in [-0.39, 0.29) is 5.41 Å². The number of hydrogen-bond acceptors (Lipinski definition) is 1. The summed E-state index contributed by atoms with van der Waals surface area (Å²) in [4.78, 5) is 4.45. The molecule has 0 fully saturated rings. The van der Waals surface area contributed by atoms with Gasteiger partial charge < -0.3 is 4.57 Å². The minimum absolute atomic E-state index is 0.0536. The van der Waals surface area contributed by atoms with Crippen LogP contribution in [0.4, 0.5) is 0 Å². The highest BCUT2D eigenvalue weighted by Gasteiger charge is 2.35. The van der Waals surface area contributed by atoms with Gasteiger partial charge in [0, 0.05) is 27.9 Å². The summed E-state index contributed by atoms with van der Waals surface area (Å²) < 4.78 is 2.40. The lowest BCUT2D eigenvalue weighted by Gasteiger charge is -2.35. The Morgan fingerprint density at radius 2 is 1.56 bits per heavy atom. The van der Waals surface area contributed by atoms with Crippen LogP contribution in [0.5, 0.6) is 0 Å². The van der Waals surface area contributed by atoms with Gasteiger partial charge in [0.05, 0.1) is 22.9 Å². The van der Waals surface area contributed by atoms with Crippen molar-refractivity contribution in [3.05, 3.63) is 108 Å². The Morgan fingerprint density at radius 1 is 0.750 bits per heavy atom. The molecule has 0 saturated carbocycles. The number of nitrogens with zero attached hydrogens (tertiary/aromatic N) is 2. The Hall–Kier alpha value is -3.91. The molecular weight excluding hydrogens is 388 g/mol. The third kappa shape index (κ3) is 2.12. The molecule has 2 heterocycles. The Bertz CT molecular complexity index is 1690. The van der Waals surface area contributed by atoms with Crippen molar-refractivity contribution in [3.8, 4) is 16.8 Å². The first-order chi connectivity index (χ1) is 15.7. The molecule has 0 aliphatic heterocycles. The van der Waals surface area contributed by atoms with E-state index >= 15 is 0 Å². The van der Waals surface area contributed by atoms with E-state index in [9.17, 15) is 0 Å². The minimum atomic E-state index is -0.0536. The van der Waals surface area contributed by atoms with Crippen molar-refractivity contribution < 1.29 is 0 Å². The van der Waals surface area contributed by atoms with Crippen LogP contribution in [0.3, 0.4) is 0 Å². The number of hydrogen-bond donors (Lipinski definition) is 0. The van der Waals surface area contributed by atoms with Crippen LogP contribution in [0.1, 0.15) is 25.0 Å². The largest absolute Gasteiger partial charge is 0.307 e. The maximum Gasteiger partial charge on any atom is 0.0645 e. The molecule has 0 saturated heterocycles. The standard InChI is InChI=1S/C30H22N2/c1-30(2)24-13-5-3-12-22(24)28-27-19(9-7-14-25(27)30)17-23-21-11-4-6-15-26(21)32(29(23)28)20-10-8-16-31-18-20/h3-18H,1-2H3. The van der Waals surface area contributed by atoms with E-state index in [1.807, 2.05) is 18.5 Å². The molecule has 0 amide bonds. The quantitative estimate of drug-likeness (QED) is 0.272. The van der Waals surface area contributed by atoms with Crippen LogP contribution in [0.25, 0.3) is 49.4 Å². The lowest BCUT2D eigenvalue weighted by Crippen LogP contribution is -2.23. The Labute approximate surface area is 186 Å². The molecule has 1 aliphatic rings. The molecule has 1 aliphatic carbocycles. The fraction of sp³-hybridized carbons (Fsp3) is 0.100. The van der Waals surface area contributed by atoms with Crippen LogP contribution in [-0.4, -0.2) is 9.55 Å². The van der Waals surface area contributed by atoms with Crippen LogP contribution in [0, 0.1) is 0 Å². The fourth-order valence-corrected chi connectivity index (χ4v) is 5.83. The van der Waals surface area contributed by atoms with Crippen molar-refractivity contribution in [2.45, 2.75) is 19.3 Å². The second-order valence-electron chi connectivity index (χ2n) is 9.29. The predicted octanol–water partition coefficient (Wildman–Crippen LogP) is 7.64. The molecule has 6 aromatic rings. The molecular formula is C30H22N2. The summed E-state index contributed by atoms with van der Waals surface area (Å²) in [5.41, 5.74) is 8.97. The Kier molecular flexibility index (Phi) is 3.37. The summed E-state index contributed by atoms with van der Waals surface area (Å²) in [5, 5.41) is 5.24. The van der Waals surface area contributed by atoms with Crippen LogP contribution in [0.15, 0.2) is 97.3 Å². The zero-order valence-corrected chi connectivity index (χ0v) is 18.1. The number of benzene rings is 4. The molecule has 0 radical (unpaired) electrons. The Balaban J connectivity index is 1.83. The topological polar surface area (TPSA) is 17.8 Å². The average Bonchev–Trinajstić information content (AvgIpc) is 3.16. The molecule has 0 N–H and O–H groups in total. The van der Waals surface area contributed by atoms with E-state index in [1.165, 1.54) is 54.8 Å². The van der Waals surface area contributed by atoms with Crippen molar-refractivity contribution in [1.82, 2.24) is 9.55 Å².